The number of rotatable bonds is 7. The van der Waals surface area contributed by atoms with E-state index in [1.54, 1.807) is 0 Å². The van der Waals surface area contributed by atoms with Crippen molar-refractivity contribution in [3.63, 3.8) is 0 Å². The number of nitrogens with two attached hydrogens (primary N) is 2. The van der Waals surface area contributed by atoms with Crippen LogP contribution in [0.1, 0.15) is 36.5 Å². The van der Waals surface area contributed by atoms with Crippen molar-refractivity contribution in [3.8, 4) is 0 Å². The summed E-state index contributed by atoms with van der Waals surface area (Å²) in [6.07, 6.45) is 3.29. The first-order valence-electron chi connectivity index (χ1n) is 10.1. The standard InChI is InChI=1S/C22H32N4O/c1-2-3-9-19-16-25(15-18(24)14-23)12-13-26(19)22(27)21-11-6-8-17-7-4-5-10-20(17)21/h4-8,10-11,18-19H,2-3,9,12-16,23-24H2,1H3. The third kappa shape index (κ3) is 4.67. The number of carbonyl (C=O) groups is 1. The average Bonchev–Trinajstić information content (AvgIpc) is 2.71. The Kier molecular flexibility index (Phi) is 6.83. The Morgan fingerprint density at radius 1 is 1.19 bits per heavy atom. The maximum atomic E-state index is 13.4. The molecule has 1 heterocycles. The molecule has 2 atom stereocenters. The molecule has 2 aromatic carbocycles. The predicted molar refractivity (Wildman–Crippen MR) is 112 cm³/mol. The molecule has 5 nitrogen and oxygen atoms in total. The summed E-state index contributed by atoms with van der Waals surface area (Å²) < 4.78 is 0. The van der Waals surface area contributed by atoms with E-state index >= 15 is 0 Å². The second-order valence-corrected chi connectivity index (χ2v) is 7.58. The van der Waals surface area contributed by atoms with Gasteiger partial charge in [-0.2, -0.15) is 0 Å². The predicted octanol–water partition coefficient (Wildman–Crippen LogP) is 2.44. The smallest absolute Gasteiger partial charge is 0.254 e. The Balaban J connectivity index is 1.81. The number of benzene rings is 2. The van der Waals surface area contributed by atoms with Crippen molar-refractivity contribution in [2.45, 2.75) is 38.3 Å². The van der Waals surface area contributed by atoms with Crippen molar-refractivity contribution < 1.29 is 4.79 Å². The van der Waals surface area contributed by atoms with Crippen LogP contribution in [-0.2, 0) is 0 Å². The fourth-order valence-corrected chi connectivity index (χ4v) is 4.01. The highest BCUT2D eigenvalue weighted by molar-refractivity contribution is 6.07. The van der Waals surface area contributed by atoms with E-state index in [0.717, 1.165) is 61.8 Å². The van der Waals surface area contributed by atoms with Crippen LogP contribution >= 0.6 is 0 Å². The van der Waals surface area contributed by atoms with Gasteiger partial charge < -0.3 is 16.4 Å². The minimum absolute atomic E-state index is 0.00264. The van der Waals surface area contributed by atoms with E-state index in [9.17, 15) is 4.79 Å². The number of nitrogens with zero attached hydrogens (tertiary/aromatic N) is 2. The van der Waals surface area contributed by atoms with Gasteiger partial charge in [-0.05, 0) is 23.3 Å². The molecule has 1 fully saturated rings. The van der Waals surface area contributed by atoms with E-state index in [1.165, 1.54) is 0 Å². The first kappa shape index (κ1) is 19.8. The van der Waals surface area contributed by atoms with Gasteiger partial charge in [-0.25, -0.2) is 0 Å². The number of fused-ring (bicyclic) bond motifs is 1. The summed E-state index contributed by atoms with van der Waals surface area (Å²) in [5.74, 6) is 0.149. The van der Waals surface area contributed by atoms with Gasteiger partial charge in [-0.15, -0.1) is 0 Å². The molecule has 2 aromatic rings. The van der Waals surface area contributed by atoms with Crippen molar-refractivity contribution in [1.82, 2.24) is 9.80 Å². The van der Waals surface area contributed by atoms with Crippen LogP contribution < -0.4 is 11.5 Å². The largest absolute Gasteiger partial charge is 0.333 e. The number of piperazine rings is 1. The minimum atomic E-state index is -0.00264. The number of hydrogen-bond donors (Lipinski definition) is 2. The molecule has 1 aliphatic rings. The summed E-state index contributed by atoms with van der Waals surface area (Å²) in [4.78, 5) is 17.9. The molecular weight excluding hydrogens is 336 g/mol. The van der Waals surface area contributed by atoms with Crippen LogP contribution in [0.4, 0.5) is 0 Å². The van der Waals surface area contributed by atoms with Crippen LogP contribution in [0.25, 0.3) is 10.8 Å². The normalized spacial score (nSPS) is 19.4. The van der Waals surface area contributed by atoms with Crippen LogP contribution in [0.15, 0.2) is 42.5 Å². The van der Waals surface area contributed by atoms with Crippen molar-refractivity contribution in [2.24, 2.45) is 11.5 Å². The van der Waals surface area contributed by atoms with E-state index in [0.29, 0.717) is 6.54 Å². The minimum Gasteiger partial charge on any atom is -0.333 e. The van der Waals surface area contributed by atoms with Gasteiger partial charge >= 0.3 is 0 Å². The van der Waals surface area contributed by atoms with Crippen molar-refractivity contribution in [1.29, 1.82) is 0 Å². The van der Waals surface area contributed by atoms with Crippen LogP contribution in [-0.4, -0.2) is 60.5 Å². The molecule has 5 heteroatoms. The molecule has 3 rings (SSSR count). The van der Waals surface area contributed by atoms with E-state index < -0.39 is 0 Å². The van der Waals surface area contributed by atoms with E-state index in [-0.39, 0.29) is 18.0 Å². The molecule has 146 valence electrons. The van der Waals surface area contributed by atoms with Crippen LogP contribution in [0.5, 0.6) is 0 Å². The monoisotopic (exact) mass is 368 g/mol. The van der Waals surface area contributed by atoms with Gasteiger partial charge in [-0.3, -0.25) is 9.69 Å². The highest BCUT2D eigenvalue weighted by Gasteiger charge is 2.31. The quantitative estimate of drug-likeness (QED) is 0.787. The Morgan fingerprint density at radius 2 is 1.96 bits per heavy atom. The van der Waals surface area contributed by atoms with Gasteiger partial charge in [0.1, 0.15) is 0 Å². The molecular formula is C22H32N4O. The Morgan fingerprint density at radius 3 is 2.74 bits per heavy atom. The lowest BCUT2D eigenvalue weighted by molar-refractivity contribution is 0.0423. The summed E-state index contributed by atoms with van der Waals surface area (Å²) in [6, 6.07) is 14.3. The van der Waals surface area contributed by atoms with E-state index in [2.05, 4.69) is 28.9 Å². The van der Waals surface area contributed by atoms with E-state index in [4.69, 9.17) is 11.5 Å². The van der Waals surface area contributed by atoms with E-state index in [1.807, 2.05) is 30.3 Å². The molecule has 0 aromatic heterocycles. The third-order valence-corrected chi connectivity index (χ3v) is 5.53. The molecule has 0 spiro atoms. The SMILES string of the molecule is CCCCC1CN(CC(N)CN)CCN1C(=O)c1cccc2ccccc12. The van der Waals surface area contributed by atoms with Gasteiger partial charge in [0.05, 0.1) is 0 Å². The van der Waals surface area contributed by atoms with Crippen molar-refractivity contribution in [3.05, 3.63) is 48.0 Å². The first-order valence-corrected chi connectivity index (χ1v) is 10.1. The maximum Gasteiger partial charge on any atom is 0.254 e. The Hall–Kier alpha value is -1.95. The summed E-state index contributed by atoms with van der Waals surface area (Å²) in [6.45, 7) is 5.97. The second kappa shape index (κ2) is 9.31. The van der Waals surface area contributed by atoms with Crippen molar-refractivity contribution in [2.75, 3.05) is 32.7 Å². The summed E-state index contributed by atoms with van der Waals surface area (Å²) in [5.41, 5.74) is 12.5. The number of carbonyl (C=O) groups excluding carboxylic acids is 1. The molecule has 27 heavy (non-hydrogen) atoms. The average molecular weight is 369 g/mol. The van der Waals surface area contributed by atoms with Gasteiger partial charge in [0, 0.05) is 50.4 Å². The van der Waals surface area contributed by atoms with Crippen LogP contribution in [0, 0.1) is 0 Å². The lowest BCUT2D eigenvalue weighted by atomic mass is 10.00. The zero-order chi connectivity index (χ0) is 19.2. The van der Waals surface area contributed by atoms with Crippen LogP contribution in [0.3, 0.4) is 0 Å². The lowest BCUT2D eigenvalue weighted by Crippen LogP contribution is -2.57. The number of hydrogen-bond acceptors (Lipinski definition) is 4. The highest BCUT2D eigenvalue weighted by Crippen LogP contribution is 2.24. The summed E-state index contributed by atoms with van der Waals surface area (Å²) in [5, 5.41) is 2.15. The molecule has 0 aliphatic carbocycles. The number of amides is 1. The van der Waals surface area contributed by atoms with Crippen molar-refractivity contribution >= 4 is 16.7 Å². The molecule has 0 radical (unpaired) electrons. The van der Waals surface area contributed by atoms with Gasteiger partial charge in [0.2, 0.25) is 0 Å². The lowest BCUT2D eigenvalue weighted by Gasteiger charge is -2.42. The number of unbranched alkanes of at least 4 members (excludes halogenated alkanes) is 1. The topological polar surface area (TPSA) is 75.6 Å². The first-order chi connectivity index (χ1) is 13.1. The molecule has 2 unspecified atom stereocenters. The molecule has 4 N–H and O–H groups in total. The second-order valence-electron chi connectivity index (χ2n) is 7.58. The third-order valence-electron chi connectivity index (χ3n) is 5.53. The molecule has 0 bridgehead atoms. The molecule has 0 saturated carbocycles. The summed E-state index contributed by atoms with van der Waals surface area (Å²) >= 11 is 0. The molecule has 1 aliphatic heterocycles. The summed E-state index contributed by atoms with van der Waals surface area (Å²) in [7, 11) is 0. The zero-order valence-corrected chi connectivity index (χ0v) is 16.3. The Bertz CT molecular complexity index is 758. The fraction of sp³-hybridized carbons (Fsp3) is 0.500. The maximum absolute atomic E-state index is 13.4. The molecule has 1 amide bonds. The molecule has 1 saturated heterocycles. The van der Waals surface area contributed by atoms with Gasteiger partial charge in [0.25, 0.3) is 5.91 Å². The fourth-order valence-electron chi connectivity index (χ4n) is 4.01. The van der Waals surface area contributed by atoms with Gasteiger partial charge in [-0.1, -0.05) is 56.2 Å². The zero-order valence-electron chi connectivity index (χ0n) is 16.3. The Labute approximate surface area is 162 Å². The highest BCUT2D eigenvalue weighted by atomic mass is 16.2. The van der Waals surface area contributed by atoms with Crippen LogP contribution in [0.2, 0.25) is 0 Å². The van der Waals surface area contributed by atoms with Gasteiger partial charge in [0.15, 0.2) is 0 Å².